The van der Waals surface area contributed by atoms with E-state index in [-0.39, 0.29) is 6.61 Å². The highest BCUT2D eigenvalue weighted by Crippen LogP contribution is 2.43. The predicted octanol–water partition coefficient (Wildman–Crippen LogP) is 1.30. The first kappa shape index (κ1) is 18.4. The van der Waals surface area contributed by atoms with Crippen LogP contribution < -0.4 is 0 Å². The maximum atomic E-state index is 11.9. The summed E-state index contributed by atoms with van der Waals surface area (Å²) in [4.78, 5) is 10.8. The van der Waals surface area contributed by atoms with Gasteiger partial charge in [0.2, 0.25) is 7.37 Å². The van der Waals surface area contributed by atoms with E-state index < -0.39 is 41.9 Å². The molecule has 0 rings (SSSR count). The van der Waals surface area contributed by atoms with Crippen LogP contribution in [0.5, 0.6) is 0 Å². The number of hydrogen-bond acceptors (Lipinski definition) is 7. The van der Waals surface area contributed by atoms with Gasteiger partial charge in [0, 0.05) is 6.66 Å². The molecule has 0 N–H and O–H groups in total. The Kier molecular flexibility index (Phi) is 6.46. The molecule has 0 aliphatic heterocycles. The molecule has 12 heteroatoms. The van der Waals surface area contributed by atoms with Crippen molar-refractivity contribution < 1.29 is 44.4 Å². The third-order valence-electron chi connectivity index (χ3n) is 1.49. The standard InChI is InChI=1S/C7H12F3O7PS/c1-3-15-6(11)4-16-18(2,12)5-17-19(13,14)7(8,9)10/h3-5H2,1-2H3. The summed E-state index contributed by atoms with van der Waals surface area (Å²) in [5, 5.41) is 0. The minimum absolute atomic E-state index is 0.0369. The SMILES string of the molecule is CCOC(=O)COP(C)(=O)COS(=O)(=O)C(F)(F)F. The van der Waals surface area contributed by atoms with E-state index >= 15 is 0 Å². The Hall–Kier alpha value is -0.640. The summed E-state index contributed by atoms with van der Waals surface area (Å²) in [5.41, 5.74) is -5.62. The van der Waals surface area contributed by atoms with Gasteiger partial charge in [0.25, 0.3) is 0 Å². The zero-order valence-electron chi connectivity index (χ0n) is 9.97. The molecule has 0 fully saturated rings. The second kappa shape index (κ2) is 6.69. The van der Waals surface area contributed by atoms with E-state index in [1.807, 2.05) is 0 Å². The lowest BCUT2D eigenvalue weighted by molar-refractivity contribution is -0.145. The molecule has 0 radical (unpaired) electrons. The Morgan fingerprint density at radius 2 is 1.84 bits per heavy atom. The first-order valence-corrected chi connectivity index (χ1v) is 8.40. The van der Waals surface area contributed by atoms with Crippen molar-refractivity contribution in [3.8, 4) is 0 Å². The van der Waals surface area contributed by atoms with Gasteiger partial charge in [0.05, 0.1) is 6.61 Å². The molecular weight excluding hydrogens is 316 g/mol. The summed E-state index contributed by atoms with van der Waals surface area (Å²) in [6.07, 6.45) is -1.33. The van der Waals surface area contributed by atoms with Crippen molar-refractivity contribution in [2.45, 2.75) is 12.4 Å². The fourth-order valence-electron chi connectivity index (χ4n) is 0.661. The van der Waals surface area contributed by atoms with Crippen molar-refractivity contribution in [3.63, 3.8) is 0 Å². The number of hydrogen-bond donors (Lipinski definition) is 0. The van der Waals surface area contributed by atoms with Gasteiger partial charge < -0.3 is 9.26 Å². The lowest BCUT2D eigenvalue weighted by atomic mass is 10.7. The topological polar surface area (TPSA) is 96.0 Å². The Bertz CT molecular complexity index is 458. The van der Waals surface area contributed by atoms with Crippen LogP contribution in [0.1, 0.15) is 6.92 Å². The van der Waals surface area contributed by atoms with Gasteiger partial charge in [0.15, 0.2) is 6.61 Å². The molecule has 1 atom stereocenters. The lowest BCUT2D eigenvalue weighted by Crippen LogP contribution is -2.26. The summed E-state index contributed by atoms with van der Waals surface area (Å²) in [6.45, 7) is 1.59. The van der Waals surface area contributed by atoms with Crippen molar-refractivity contribution in [3.05, 3.63) is 0 Å². The Labute approximate surface area is 107 Å². The van der Waals surface area contributed by atoms with E-state index in [1.165, 1.54) is 6.92 Å². The molecule has 7 nitrogen and oxygen atoms in total. The summed E-state index contributed by atoms with van der Waals surface area (Å²) < 4.78 is 80.7. The highest BCUT2D eigenvalue weighted by atomic mass is 32.2. The lowest BCUT2D eigenvalue weighted by Gasteiger charge is -2.14. The Morgan fingerprint density at radius 1 is 1.32 bits per heavy atom. The second-order valence-corrected chi connectivity index (χ2v) is 7.39. The number of alkyl halides is 3. The molecule has 0 aromatic rings. The van der Waals surface area contributed by atoms with Gasteiger partial charge >= 0.3 is 21.6 Å². The van der Waals surface area contributed by atoms with E-state index in [9.17, 15) is 30.9 Å². The van der Waals surface area contributed by atoms with Gasteiger partial charge in [-0.15, -0.1) is 0 Å². The molecule has 0 bridgehead atoms. The maximum absolute atomic E-state index is 11.9. The van der Waals surface area contributed by atoms with E-state index in [2.05, 4.69) is 13.4 Å². The van der Waals surface area contributed by atoms with E-state index in [0.29, 0.717) is 0 Å². The second-order valence-electron chi connectivity index (χ2n) is 3.24. The zero-order valence-corrected chi connectivity index (χ0v) is 11.7. The fraction of sp³-hybridized carbons (Fsp3) is 0.857. The number of esters is 1. The molecule has 0 spiro atoms. The highest BCUT2D eigenvalue weighted by molar-refractivity contribution is 7.87. The van der Waals surface area contributed by atoms with E-state index in [4.69, 9.17) is 0 Å². The Morgan fingerprint density at radius 3 is 2.26 bits per heavy atom. The minimum atomic E-state index is -5.85. The molecule has 0 saturated carbocycles. The van der Waals surface area contributed by atoms with Gasteiger partial charge in [0.1, 0.15) is 6.35 Å². The van der Waals surface area contributed by atoms with Crippen molar-refractivity contribution in [1.82, 2.24) is 0 Å². The van der Waals surface area contributed by atoms with E-state index in [1.54, 1.807) is 0 Å². The van der Waals surface area contributed by atoms with Crippen LogP contribution in [0.3, 0.4) is 0 Å². The molecular formula is C7H12F3O7PS. The minimum Gasteiger partial charge on any atom is -0.464 e. The predicted molar refractivity (Wildman–Crippen MR) is 57.0 cm³/mol. The van der Waals surface area contributed by atoms with Crippen LogP contribution >= 0.6 is 7.37 Å². The molecule has 0 amide bonds. The molecule has 0 saturated heterocycles. The van der Waals surface area contributed by atoms with Gasteiger partial charge in [-0.2, -0.15) is 21.6 Å². The van der Waals surface area contributed by atoms with Crippen LogP contribution in [0, 0.1) is 0 Å². The average Bonchev–Trinajstić information content (AvgIpc) is 2.23. The molecule has 114 valence electrons. The van der Waals surface area contributed by atoms with Crippen LogP contribution in [-0.2, 0) is 32.9 Å². The zero-order chi connectivity index (χ0) is 15.3. The number of ether oxygens (including phenoxy) is 1. The highest BCUT2D eigenvalue weighted by Gasteiger charge is 2.48. The summed E-state index contributed by atoms with van der Waals surface area (Å²) in [5.74, 6) is -0.886. The Balaban J connectivity index is 4.41. The number of rotatable bonds is 7. The third kappa shape index (κ3) is 6.90. The van der Waals surface area contributed by atoms with Crippen LogP contribution in [0.4, 0.5) is 13.2 Å². The molecule has 19 heavy (non-hydrogen) atoms. The van der Waals surface area contributed by atoms with Gasteiger partial charge in [-0.25, -0.2) is 4.79 Å². The molecule has 0 heterocycles. The molecule has 1 unspecified atom stereocenters. The summed E-state index contributed by atoms with van der Waals surface area (Å²) >= 11 is 0. The summed E-state index contributed by atoms with van der Waals surface area (Å²) in [7, 11) is -9.69. The normalized spacial score (nSPS) is 15.8. The average molecular weight is 328 g/mol. The van der Waals surface area contributed by atoms with Crippen LogP contribution in [0.25, 0.3) is 0 Å². The van der Waals surface area contributed by atoms with E-state index in [0.717, 1.165) is 6.66 Å². The van der Waals surface area contributed by atoms with Crippen LogP contribution in [0.2, 0.25) is 0 Å². The number of carbonyl (C=O) groups is 1. The smallest absolute Gasteiger partial charge is 0.464 e. The molecule has 0 aromatic heterocycles. The van der Waals surface area contributed by atoms with Crippen molar-refractivity contribution >= 4 is 23.5 Å². The maximum Gasteiger partial charge on any atom is 0.523 e. The van der Waals surface area contributed by atoms with Crippen LogP contribution in [0.15, 0.2) is 0 Å². The largest absolute Gasteiger partial charge is 0.523 e. The van der Waals surface area contributed by atoms with Gasteiger partial charge in [-0.1, -0.05) is 0 Å². The van der Waals surface area contributed by atoms with Crippen molar-refractivity contribution in [2.75, 3.05) is 26.2 Å². The fourth-order valence-corrected chi connectivity index (χ4v) is 2.57. The van der Waals surface area contributed by atoms with Crippen LogP contribution in [-0.4, -0.2) is 46.1 Å². The monoisotopic (exact) mass is 328 g/mol. The first-order valence-electron chi connectivity index (χ1n) is 4.73. The molecule has 0 aliphatic rings. The number of carbonyl (C=O) groups excluding carboxylic acids is 1. The van der Waals surface area contributed by atoms with Crippen molar-refractivity contribution in [1.29, 1.82) is 0 Å². The third-order valence-corrected chi connectivity index (χ3v) is 3.93. The molecule has 0 aliphatic carbocycles. The number of halogens is 3. The molecule has 0 aromatic carbocycles. The van der Waals surface area contributed by atoms with Gasteiger partial charge in [-0.05, 0) is 6.92 Å². The van der Waals surface area contributed by atoms with Gasteiger partial charge in [-0.3, -0.25) is 8.75 Å². The summed E-state index contributed by atoms with van der Waals surface area (Å²) in [6, 6.07) is 0. The first-order chi connectivity index (χ1) is 8.41. The van der Waals surface area contributed by atoms with Crippen molar-refractivity contribution in [2.24, 2.45) is 0 Å². The quantitative estimate of drug-likeness (QED) is 0.301.